The minimum Gasteiger partial charge on any atom is -0.480 e. The third kappa shape index (κ3) is 28.2. The van der Waals surface area contributed by atoms with Crippen LogP contribution in [-0.4, -0.2) is 107 Å². The van der Waals surface area contributed by atoms with E-state index in [1.807, 2.05) is 34.6 Å². The third-order valence-corrected chi connectivity index (χ3v) is 4.40. The number of nitrogens with one attached hydrogen (secondary N) is 3. The number of rotatable bonds is 22. The predicted octanol–water partition coefficient (Wildman–Crippen LogP) is 0.686. The van der Waals surface area contributed by atoms with Crippen LogP contribution in [0.4, 0.5) is 0 Å². The second kappa shape index (κ2) is 24.4. The van der Waals surface area contributed by atoms with Crippen molar-refractivity contribution in [2.24, 2.45) is 5.41 Å². The highest BCUT2D eigenvalue weighted by Crippen LogP contribution is 2.18. The van der Waals surface area contributed by atoms with E-state index in [-0.39, 0.29) is 87.8 Å². The summed E-state index contributed by atoms with van der Waals surface area (Å²) in [4.78, 5) is 57.5. The molecule has 0 radical (unpaired) electrons. The molecule has 0 aromatic carbocycles. The van der Waals surface area contributed by atoms with Gasteiger partial charge in [-0.2, -0.15) is 0 Å². The lowest BCUT2D eigenvalue weighted by Crippen LogP contribution is -2.42. The molecule has 0 aromatic heterocycles. The molecular formula is C26H49N3O10. The summed E-state index contributed by atoms with van der Waals surface area (Å²) in [6.45, 7) is 13.1. The van der Waals surface area contributed by atoms with Crippen molar-refractivity contribution in [3.63, 3.8) is 0 Å². The summed E-state index contributed by atoms with van der Waals surface area (Å²) in [7, 11) is 0. The van der Waals surface area contributed by atoms with E-state index in [4.69, 9.17) is 18.9 Å². The van der Waals surface area contributed by atoms with Crippen LogP contribution in [0.3, 0.4) is 0 Å². The molecule has 39 heavy (non-hydrogen) atoms. The minimum atomic E-state index is -1.19. The number of carboxylic acids is 1. The zero-order valence-electron chi connectivity index (χ0n) is 24.4. The van der Waals surface area contributed by atoms with Gasteiger partial charge in [-0.1, -0.05) is 34.6 Å². The average molecular weight is 564 g/mol. The van der Waals surface area contributed by atoms with Gasteiger partial charge in [0, 0.05) is 25.9 Å². The van der Waals surface area contributed by atoms with Crippen LogP contribution in [0.15, 0.2) is 0 Å². The van der Waals surface area contributed by atoms with Gasteiger partial charge in [-0.25, -0.2) is 4.79 Å². The van der Waals surface area contributed by atoms with Crippen LogP contribution in [-0.2, 0) is 42.9 Å². The Morgan fingerprint density at radius 1 is 0.718 bits per heavy atom. The second-order valence-electron chi connectivity index (χ2n) is 9.47. The van der Waals surface area contributed by atoms with Crippen molar-refractivity contribution in [2.75, 3.05) is 65.9 Å². The van der Waals surface area contributed by atoms with E-state index in [0.29, 0.717) is 26.4 Å². The van der Waals surface area contributed by atoms with Crippen LogP contribution in [0.1, 0.15) is 60.8 Å². The lowest BCUT2D eigenvalue weighted by atomic mass is 9.92. The molecule has 1 atom stereocenters. The molecule has 13 nitrogen and oxygen atoms in total. The molecule has 228 valence electrons. The maximum absolute atomic E-state index is 11.9. The van der Waals surface area contributed by atoms with Gasteiger partial charge in [0.2, 0.25) is 17.7 Å². The van der Waals surface area contributed by atoms with E-state index in [0.717, 1.165) is 0 Å². The summed E-state index contributed by atoms with van der Waals surface area (Å²) in [6.07, 6.45) is 0.115. The summed E-state index contributed by atoms with van der Waals surface area (Å²) in [5.74, 6) is -2.25. The fourth-order valence-corrected chi connectivity index (χ4v) is 2.75. The SMILES string of the molecule is CC.CC(=O)COCCOCCNC(=O)COCCOCCNC(=O)CCC(NC(=O)CC(C)(C)C)C(=O)O. The Kier molecular flexibility index (Phi) is 24.1. The monoisotopic (exact) mass is 563 g/mol. The Balaban J connectivity index is 0. The van der Waals surface area contributed by atoms with E-state index in [9.17, 15) is 29.1 Å². The lowest BCUT2D eigenvalue weighted by molar-refractivity contribution is -0.142. The number of amides is 3. The van der Waals surface area contributed by atoms with Crippen molar-refractivity contribution < 1.29 is 48.0 Å². The van der Waals surface area contributed by atoms with E-state index in [2.05, 4.69) is 16.0 Å². The first-order valence-electron chi connectivity index (χ1n) is 13.3. The maximum Gasteiger partial charge on any atom is 0.326 e. The molecule has 4 N–H and O–H groups in total. The number of ether oxygens (including phenoxy) is 4. The van der Waals surface area contributed by atoms with Gasteiger partial charge in [0.1, 0.15) is 19.3 Å². The smallest absolute Gasteiger partial charge is 0.326 e. The van der Waals surface area contributed by atoms with Gasteiger partial charge in [-0.15, -0.1) is 0 Å². The Morgan fingerprint density at radius 2 is 1.21 bits per heavy atom. The number of carboxylic acid groups (broad SMARTS) is 1. The van der Waals surface area contributed by atoms with Crippen LogP contribution in [0.2, 0.25) is 0 Å². The zero-order valence-corrected chi connectivity index (χ0v) is 24.4. The van der Waals surface area contributed by atoms with Crippen LogP contribution >= 0.6 is 0 Å². The first-order valence-corrected chi connectivity index (χ1v) is 13.3. The third-order valence-electron chi connectivity index (χ3n) is 4.40. The number of ketones is 1. The standard InChI is InChI=1S/C24H43N3O10.C2H6/c1-18(28)16-36-13-11-35-10-8-26-22(31)17-37-14-12-34-9-7-25-20(29)6-5-19(23(32)33)27-21(30)15-24(2,3)4;1-2/h19H,5-17H2,1-4H3,(H,25,29)(H,26,31)(H,27,30)(H,32,33);1-2H3. The highest BCUT2D eigenvalue weighted by molar-refractivity contribution is 5.84. The Morgan fingerprint density at radius 3 is 1.69 bits per heavy atom. The Bertz CT molecular complexity index is 711. The highest BCUT2D eigenvalue weighted by atomic mass is 16.5. The van der Waals surface area contributed by atoms with E-state index in [1.54, 1.807) is 0 Å². The first-order chi connectivity index (χ1) is 18.4. The average Bonchev–Trinajstić information content (AvgIpc) is 2.84. The number of aliphatic carboxylic acids is 1. The van der Waals surface area contributed by atoms with Crippen molar-refractivity contribution in [2.45, 2.75) is 66.8 Å². The summed E-state index contributed by atoms with van der Waals surface area (Å²) >= 11 is 0. The quantitative estimate of drug-likeness (QED) is 0.137. The van der Waals surface area contributed by atoms with Gasteiger partial charge >= 0.3 is 5.97 Å². The fraction of sp³-hybridized carbons (Fsp3) is 0.808. The summed E-state index contributed by atoms with van der Waals surface area (Å²) in [6, 6.07) is -1.13. The van der Waals surface area contributed by atoms with Crippen LogP contribution < -0.4 is 16.0 Å². The Labute approximate surface area is 232 Å². The second-order valence-corrected chi connectivity index (χ2v) is 9.47. The van der Waals surface area contributed by atoms with Gasteiger partial charge in [0.05, 0.1) is 39.6 Å². The Hall–Kier alpha value is -2.61. The largest absolute Gasteiger partial charge is 0.480 e. The number of hydrogen-bond acceptors (Lipinski definition) is 9. The van der Waals surface area contributed by atoms with Gasteiger partial charge < -0.3 is 40.0 Å². The number of carbonyl (C=O) groups excluding carboxylic acids is 4. The molecule has 0 bridgehead atoms. The number of Topliss-reactive ketones (excluding diaryl/α,β-unsaturated/α-hetero) is 1. The number of carbonyl (C=O) groups is 5. The molecule has 0 saturated carbocycles. The van der Waals surface area contributed by atoms with E-state index in [1.165, 1.54) is 6.92 Å². The normalized spacial score (nSPS) is 11.5. The van der Waals surface area contributed by atoms with E-state index < -0.39 is 12.0 Å². The van der Waals surface area contributed by atoms with Crippen LogP contribution in [0.25, 0.3) is 0 Å². The number of hydrogen-bond donors (Lipinski definition) is 4. The molecule has 3 amide bonds. The summed E-state index contributed by atoms with van der Waals surface area (Å²) in [5.41, 5.74) is -0.271. The van der Waals surface area contributed by atoms with Crippen molar-refractivity contribution >= 4 is 29.5 Å². The summed E-state index contributed by atoms with van der Waals surface area (Å²) < 4.78 is 20.8. The van der Waals surface area contributed by atoms with Crippen molar-refractivity contribution in [1.82, 2.24) is 16.0 Å². The topological polar surface area (TPSA) is 179 Å². The van der Waals surface area contributed by atoms with Crippen molar-refractivity contribution in [1.29, 1.82) is 0 Å². The molecule has 1 unspecified atom stereocenters. The van der Waals surface area contributed by atoms with Gasteiger partial charge in [0.25, 0.3) is 0 Å². The van der Waals surface area contributed by atoms with Crippen LogP contribution in [0.5, 0.6) is 0 Å². The molecule has 0 aliphatic carbocycles. The molecule has 0 aliphatic rings. The highest BCUT2D eigenvalue weighted by Gasteiger charge is 2.23. The molecule has 0 spiro atoms. The van der Waals surface area contributed by atoms with Gasteiger partial charge in [-0.05, 0) is 18.8 Å². The van der Waals surface area contributed by atoms with Gasteiger partial charge in [-0.3, -0.25) is 19.2 Å². The molecule has 13 heteroatoms. The van der Waals surface area contributed by atoms with Crippen molar-refractivity contribution in [3.8, 4) is 0 Å². The van der Waals surface area contributed by atoms with Crippen molar-refractivity contribution in [3.05, 3.63) is 0 Å². The molecule has 0 heterocycles. The van der Waals surface area contributed by atoms with Gasteiger partial charge in [0.15, 0.2) is 5.78 Å². The predicted molar refractivity (Wildman–Crippen MR) is 144 cm³/mol. The molecule has 0 fully saturated rings. The molecule has 0 aromatic rings. The fourth-order valence-electron chi connectivity index (χ4n) is 2.75. The minimum absolute atomic E-state index is 0.0184. The maximum atomic E-state index is 11.9. The lowest BCUT2D eigenvalue weighted by Gasteiger charge is -2.20. The molecule has 0 saturated heterocycles. The molecular weight excluding hydrogens is 514 g/mol. The molecule has 0 rings (SSSR count). The van der Waals surface area contributed by atoms with Crippen LogP contribution in [0, 0.1) is 5.41 Å². The summed E-state index contributed by atoms with van der Waals surface area (Å²) in [5, 5.41) is 17.0. The zero-order chi connectivity index (χ0) is 30.1. The van der Waals surface area contributed by atoms with E-state index >= 15 is 0 Å². The molecule has 0 aliphatic heterocycles. The first kappa shape index (κ1) is 38.5.